The number of nitrogens with zero attached hydrogens (tertiary/aromatic N) is 3. The SMILES string of the molecule is COCCCNC(=O)C1(C)Cn2nc(-c3ccccc3)cc2C(=O)N1c1ccccc1F. The number of anilines is 1. The first-order chi connectivity index (χ1) is 15.5. The normalized spacial score (nSPS) is 17.8. The predicted molar refractivity (Wildman–Crippen MR) is 119 cm³/mol. The van der Waals surface area contributed by atoms with E-state index >= 15 is 0 Å². The molecule has 7 nitrogen and oxygen atoms in total. The van der Waals surface area contributed by atoms with Gasteiger partial charge in [0, 0.05) is 25.8 Å². The second kappa shape index (κ2) is 8.92. The minimum absolute atomic E-state index is 0.0563. The van der Waals surface area contributed by atoms with Gasteiger partial charge in [-0.2, -0.15) is 5.10 Å². The number of aromatic nitrogens is 2. The van der Waals surface area contributed by atoms with Crippen LogP contribution in [-0.4, -0.2) is 47.4 Å². The molecule has 4 rings (SSSR count). The molecule has 0 saturated carbocycles. The third kappa shape index (κ3) is 3.89. The highest BCUT2D eigenvalue weighted by atomic mass is 19.1. The van der Waals surface area contributed by atoms with E-state index in [1.54, 1.807) is 32.2 Å². The fourth-order valence-corrected chi connectivity index (χ4v) is 3.95. The molecule has 3 aromatic rings. The molecule has 1 N–H and O–H groups in total. The van der Waals surface area contributed by atoms with Crippen LogP contribution in [0.2, 0.25) is 0 Å². The van der Waals surface area contributed by atoms with Gasteiger partial charge < -0.3 is 10.1 Å². The zero-order chi connectivity index (χ0) is 22.7. The van der Waals surface area contributed by atoms with Crippen molar-refractivity contribution in [3.05, 3.63) is 72.2 Å². The molecule has 1 unspecified atom stereocenters. The summed E-state index contributed by atoms with van der Waals surface area (Å²) in [7, 11) is 1.59. The highest BCUT2D eigenvalue weighted by Gasteiger charge is 2.49. The van der Waals surface area contributed by atoms with E-state index in [2.05, 4.69) is 10.4 Å². The van der Waals surface area contributed by atoms with Gasteiger partial charge >= 0.3 is 0 Å². The summed E-state index contributed by atoms with van der Waals surface area (Å²) >= 11 is 0. The molecule has 0 radical (unpaired) electrons. The van der Waals surface area contributed by atoms with E-state index in [9.17, 15) is 14.0 Å². The van der Waals surface area contributed by atoms with Gasteiger partial charge in [0.15, 0.2) is 0 Å². The molecule has 8 heteroatoms. The Hall–Kier alpha value is -3.52. The van der Waals surface area contributed by atoms with E-state index < -0.39 is 17.3 Å². The van der Waals surface area contributed by atoms with Crippen molar-refractivity contribution in [2.24, 2.45) is 0 Å². The molecule has 166 valence electrons. The summed E-state index contributed by atoms with van der Waals surface area (Å²) in [6, 6.07) is 17.1. The van der Waals surface area contributed by atoms with Crippen LogP contribution >= 0.6 is 0 Å². The first-order valence-electron chi connectivity index (χ1n) is 10.5. The van der Waals surface area contributed by atoms with Crippen molar-refractivity contribution in [2.75, 3.05) is 25.2 Å². The Morgan fingerprint density at radius 3 is 2.62 bits per heavy atom. The number of methoxy groups -OCH3 is 1. The van der Waals surface area contributed by atoms with E-state index in [0.717, 1.165) is 5.56 Å². The molecule has 0 saturated heterocycles. The molecule has 2 aromatic carbocycles. The predicted octanol–water partition coefficient (Wildman–Crippen LogP) is 3.26. The van der Waals surface area contributed by atoms with Crippen LogP contribution < -0.4 is 10.2 Å². The van der Waals surface area contributed by atoms with Crippen LogP contribution in [0.3, 0.4) is 0 Å². The Kier molecular flexibility index (Phi) is 6.05. The average Bonchev–Trinajstić information content (AvgIpc) is 3.22. The number of amides is 2. The molecule has 2 amide bonds. The second-order valence-electron chi connectivity index (χ2n) is 7.91. The standard InChI is InChI=1S/C24H25FN4O3/c1-24(23(31)26-13-8-14-32-2)16-28-21(15-19(27-28)17-9-4-3-5-10-17)22(30)29(24)20-12-7-6-11-18(20)25/h3-7,9-12,15H,8,13-14,16H2,1-2H3,(H,26,31). The van der Waals surface area contributed by atoms with Gasteiger partial charge in [-0.05, 0) is 31.5 Å². The fourth-order valence-electron chi connectivity index (χ4n) is 3.95. The van der Waals surface area contributed by atoms with Crippen molar-refractivity contribution in [2.45, 2.75) is 25.4 Å². The number of ether oxygens (including phenoxy) is 1. The largest absolute Gasteiger partial charge is 0.385 e. The van der Waals surface area contributed by atoms with E-state index in [4.69, 9.17) is 4.74 Å². The number of hydrogen-bond acceptors (Lipinski definition) is 4. The fraction of sp³-hybridized carbons (Fsp3) is 0.292. The van der Waals surface area contributed by atoms with Crippen LogP contribution in [0.5, 0.6) is 0 Å². The molecule has 0 fully saturated rings. The van der Waals surface area contributed by atoms with Crippen molar-refractivity contribution in [3.63, 3.8) is 0 Å². The summed E-state index contributed by atoms with van der Waals surface area (Å²) in [5.74, 6) is -1.44. The quantitative estimate of drug-likeness (QED) is 0.577. The van der Waals surface area contributed by atoms with E-state index in [0.29, 0.717) is 31.0 Å². The topological polar surface area (TPSA) is 76.5 Å². The van der Waals surface area contributed by atoms with Gasteiger partial charge in [0.1, 0.15) is 17.1 Å². The number of hydrogen-bond donors (Lipinski definition) is 1. The second-order valence-corrected chi connectivity index (χ2v) is 7.91. The third-order valence-corrected chi connectivity index (χ3v) is 5.62. The van der Waals surface area contributed by atoms with Crippen LogP contribution in [0.25, 0.3) is 11.3 Å². The van der Waals surface area contributed by atoms with Gasteiger partial charge in [-0.25, -0.2) is 4.39 Å². The van der Waals surface area contributed by atoms with Crippen molar-refractivity contribution in [1.29, 1.82) is 0 Å². The lowest BCUT2D eigenvalue weighted by atomic mass is 9.93. The van der Waals surface area contributed by atoms with Crippen molar-refractivity contribution in [3.8, 4) is 11.3 Å². The van der Waals surface area contributed by atoms with E-state index in [1.165, 1.54) is 21.7 Å². The number of benzene rings is 2. The molecule has 32 heavy (non-hydrogen) atoms. The number of para-hydroxylation sites is 1. The minimum Gasteiger partial charge on any atom is -0.385 e. The van der Waals surface area contributed by atoms with Crippen LogP contribution in [0, 0.1) is 5.82 Å². The minimum atomic E-state index is -1.38. The zero-order valence-corrected chi connectivity index (χ0v) is 18.0. The Morgan fingerprint density at radius 1 is 1.19 bits per heavy atom. The van der Waals surface area contributed by atoms with Gasteiger partial charge in [0.25, 0.3) is 5.91 Å². The van der Waals surface area contributed by atoms with Crippen LogP contribution in [0.1, 0.15) is 23.8 Å². The van der Waals surface area contributed by atoms with Gasteiger partial charge in [0.2, 0.25) is 5.91 Å². The Morgan fingerprint density at radius 2 is 1.91 bits per heavy atom. The summed E-state index contributed by atoms with van der Waals surface area (Å²) in [5, 5.41) is 7.45. The van der Waals surface area contributed by atoms with E-state index in [-0.39, 0.29) is 18.1 Å². The van der Waals surface area contributed by atoms with Crippen LogP contribution in [-0.2, 0) is 16.1 Å². The van der Waals surface area contributed by atoms with E-state index in [1.807, 2.05) is 30.3 Å². The van der Waals surface area contributed by atoms with Crippen LogP contribution in [0.15, 0.2) is 60.7 Å². The van der Waals surface area contributed by atoms with Gasteiger partial charge in [-0.1, -0.05) is 42.5 Å². The lowest BCUT2D eigenvalue weighted by Gasteiger charge is -2.43. The van der Waals surface area contributed by atoms with Gasteiger partial charge in [-0.3, -0.25) is 19.2 Å². The highest BCUT2D eigenvalue weighted by molar-refractivity contribution is 6.12. The molecular formula is C24H25FN4O3. The lowest BCUT2D eigenvalue weighted by Crippen LogP contribution is -2.64. The summed E-state index contributed by atoms with van der Waals surface area (Å²) in [6.07, 6.45) is 0.622. The molecule has 0 spiro atoms. The molecule has 1 atom stereocenters. The summed E-state index contributed by atoms with van der Waals surface area (Å²) < 4.78 is 21.4. The molecule has 2 heterocycles. The zero-order valence-electron chi connectivity index (χ0n) is 18.0. The number of fused-ring (bicyclic) bond motifs is 1. The molecule has 0 aliphatic carbocycles. The molecule has 0 bridgehead atoms. The summed E-state index contributed by atoms with van der Waals surface area (Å²) in [6.45, 7) is 2.60. The first-order valence-corrected chi connectivity index (χ1v) is 10.5. The van der Waals surface area contributed by atoms with Gasteiger partial charge in [-0.15, -0.1) is 0 Å². The maximum atomic E-state index is 14.8. The van der Waals surface area contributed by atoms with Crippen molar-refractivity contribution in [1.82, 2.24) is 15.1 Å². The monoisotopic (exact) mass is 436 g/mol. The maximum absolute atomic E-state index is 14.8. The highest BCUT2D eigenvalue weighted by Crippen LogP contribution is 2.35. The average molecular weight is 436 g/mol. The Labute approximate surface area is 185 Å². The van der Waals surface area contributed by atoms with Crippen molar-refractivity contribution >= 4 is 17.5 Å². The third-order valence-electron chi connectivity index (χ3n) is 5.62. The Bertz CT molecular complexity index is 1130. The molecule has 1 aliphatic rings. The van der Waals surface area contributed by atoms with Crippen molar-refractivity contribution < 1.29 is 18.7 Å². The number of carbonyl (C=O) groups excluding carboxylic acids is 2. The summed E-state index contributed by atoms with van der Waals surface area (Å²) in [4.78, 5) is 28.2. The Balaban J connectivity index is 1.76. The smallest absolute Gasteiger partial charge is 0.277 e. The molecule has 1 aromatic heterocycles. The maximum Gasteiger partial charge on any atom is 0.277 e. The lowest BCUT2D eigenvalue weighted by molar-refractivity contribution is -0.126. The first kappa shape index (κ1) is 21.7. The number of nitrogens with one attached hydrogen (secondary N) is 1. The molecular weight excluding hydrogens is 411 g/mol. The number of carbonyl (C=O) groups is 2. The van der Waals surface area contributed by atoms with Gasteiger partial charge in [0.05, 0.1) is 17.9 Å². The molecule has 1 aliphatic heterocycles. The van der Waals surface area contributed by atoms with Crippen LogP contribution in [0.4, 0.5) is 10.1 Å². The summed E-state index contributed by atoms with van der Waals surface area (Å²) in [5.41, 5.74) is 0.453. The number of halogens is 1. The number of rotatable bonds is 7.